The largest absolute Gasteiger partial charge is 0.490 e. The van der Waals surface area contributed by atoms with Gasteiger partial charge in [0.05, 0.1) is 17.1 Å². The van der Waals surface area contributed by atoms with E-state index < -0.39 is 0 Å². The van der Waals surface area contributed by atoms with Crippen molar-refractivity contribution in [1.29, 1.82) is 0 Å². The van der Waals surface area contributed by atoms with E-state index in [1.165, 1.54) is 0 Å². The third kappa shape index (κ3) is 4.22. The minimum atomic E-state index is -0.0507. The van der Waals surface area contributed by atoms with Gasteiger partial charge in [-0.3, -0.25) is 4.79 Å². The zero-order chi connectivity index (χ0) is 15.2. The van der Waals surface area contributed by atoms with Gasteiger partial charge in [-0.15, -0.1) is 0 Å². The standard InChI is InChI=1S/C16H15BrClNO2/c1-19(16(20)12-6-2-3-7-13(12)17)10-11-21-15-9-5-4-8-14(15)18/h2-9H,10-11H2,1H3. The summed E-state index contributed by atoms with van der Waals surface area (Å²) in [5.41, 5.74) is 0.637. The minimum absolute atomic E-state index is 0.0507. The Balaban J connectivity index is 1.90. The normalized spacial score (nSPS) is 10.2. The van der Waals surface area contributed by atoms with Crippen molar-refractivity contribution in [2.24, 2.45) is 0 Å². The first kappa shape index (κ1) is 15.9. The van der Waals surface area contributed by atoms with E-state index in [9.17, 15) is 4.79 Å². The van der Waals surface area contributed by atoms with E-state index in [0.717, 1.165) is 4.47 Å². The van der Waals surface area contributed by atoms with Crippen LogP contribution in [0.5, 0.6) is 5.75 Å². The fraction of sp³-hybridized carbons (Fsp3) is 0.188. The van der Waals surface area contributed by atoms with Crippen molar-refractivity contribution in [3.63, 3.8) is 0 Å². The number of rotatable bonds is 5. The molecule has 0 saturated heterocycles. The molecule has 0 aliphatic heterocycles. The average molecular weight is 369 g/mol. The number of carbonyl (C=O) groups excluding carboxylic acids is 1. The van der Waals surface area contributed by atoms with E-state index in [1.54, 1.807) is 30.1 Å². The Kier molecular flexibility index (Phi) is 5.65. The van der Waals surface area contributed by atoms with E-state index in [-0.39, 0.29) is 5.91 Å². The van der Waals surface area contributed by atoms with Crippen LogP contribution in [0.3, 0.4) is 0 Å². The molecule has 0 fully saturated rings. The number of likely N-dealkylation sites (N-methyl/N-ethyl adjacent to an activating group) is 1. The third-order valence-electron chi connectivity index (χ3n) is 2.97. The summed E-state index contributed by atoms with van der Waals surface area (Å²) in [4.78, 5) is 13.9. The molecule has 0 heterocycles. The van der Waals surface area contributed by atoms with Crippen molar-refractivity contribution in [2.45, 2.75) is 0 Å². The average Bonchev–Trinajstić information content (AvgIpc) is 2.49. The van der Waals surface area contributed by atoms with Crippen LogP contribution in [-0.4, -0.2) is 31.0 Å². The Morgan fingerprint density at radius 1 is 1.19 bits per heavy atom. The molecule has 0 saturated carbocycles. The first-order valence-corrected chi connectivity index (χ1v) is 7.64. The van der Waals surface area contributed by atoms with E-state index in [4.69, 9.17) is 16.3 Å². The molecule has 110 valence electrons. The van der Waals surface area contributed by atoms with Crippen LogP contribution in [0.15, 0.2) is 53.0 Å². The summed E-state index contributed by atoms with van der Waals surface area (Å²) in [6.07, 6.45) is 0. The Labute approximate surface area is 137 Å². The number of hydrogen-bond donors (Lipinski definition) is 0. The molecule has 1 amide bonds. The van der Waals surface area contributed by atoms with Gasteiger partial charge in [-0.2, -0.15) is 0 Å². The molecule has 0 aliphatic rings. The molecule has 0 spiro atoms. The fourth-order valence-electron chi connectivity index (χ4n) is 1.80. The fourth-order valence-corrected chi connectivity index (χ4v) is 2.44. The second kappa shape index (κ2) is 7.48. The first-order chi connectivity index (χ1) is 10.1. The predicted molar refractivity (Wildman–Crippen MR) is 88.0 cm³/mol. The van der Waals surface area contributed by atoms with Gasteiger partial charge in [0.15, 0.2) is 0 Å². The second-order valence-corrected chi connectivity index (χ2v) is 5.75. The predicted octanol–water partition coefficient (Wildman–Crippen LogP) is 4.25. The maximum absolute atomic E-state index is 12.3. The number of amides is 1. The number of nitrogens with zero attached hydrogens (tertiary/aromatic N) is 1. The highest BCUT2D eigenvalue weighted by Crippen LogP contribution is 2.23. The highest BCUT2D eigenvalue weighted by atomic mass is 79.9. The van der Waals surface area contributed by atoms with Crippen molar-refractivity contribution >= 4 is 33.4 Å². The summed E-state index contributed by atoms with van der Waals surface area (Å²) in [5.74, 6) is 0.575. The van der Waals surface area contributed by atoms with Crippen LogP contribution in [0.4, 0.5) is 0 Å². The summed E-state index contributed by atoms with van der Waals surface area (Å²) >= 11 is 9.39. The molecule has 5 heteroatoms. The highest BCUT2D eigenvalue weighted by molar-refractivity contribution is 9.10. The molecule has 2 rings (SSSR count). The lowest BCUT2D eigenvalue weighted by Crippen LogP contribution is -2.31. The van der Waals surface area contributed by atoms with E-state index in [2.05, 4.69) is 15.9 Å². The van der Waals surface area contributed by atoms with Gasteiger partial charge in [0.1, 0.15) is 12.4 Å². The summed E-state index contributed by atoms with van der Waals surface area (Å²) in [5, 5.41) is 0.567. The monoisotopic (exact) mass is 367 g/mol. The zero-order valence-electron chi connectivity index (χ0n) is 11.6. The summed E-state index contributed by atoms with van der Waals surface area (Å²) in [6, 6.07) is 14.6. The van der Waals surface area contributed by atoms with Crippen LogP contribution in [0, 0.1) is 0 Å². The molecular formula is C16H15BrClNO2. The highest BCUT2D eigenvalue weighted by Gasteiger charge is 2.14. The molecule has 0 bridgehead atoms. The quantitative estimate of drug-likeness (QED) is 0.789. The molecule has 0 unspecified atom stereocenters. The van der Waals surface area contributed by atoms with Crippen LogP contribution >= 0.6 is 27.5 Å². The summed E-state index contributed by atoms with van der Waals surface area (Å²) < 4.78 is 6.37. The van der Waals surface area contributed by atoms with Crippen LogP contribution in [0.1, 0.15) is 10.4 Å². The number of halogens is 2. The van der Waals surface area contributed by atoms with Crippen LogP contribution < -0.4 is 4.74 Å². The van der Waals surface area contributed by atoms with Crippen molar-refractivity contribution in [1.82, 2.24) is 4.90 Å². The van der Waals surface area contributed by atoms with Gasteiger partial charge in [0, 0.05) is 11.5 Å². The molecule has 21 heavy (non-hydrogen) atoms. The van der Waals surface area contributed by atoms with Gasteiger partial charge in [0.2, 0.25) is 0 Å². The van der Waals surface area contributed by atoms with Crippen molar-refractivity contribution in [2.75, 3.05) is 20.2 Å². The van der Waals surface area contributed by atoms with E-state index >= 15 is 0 Å². The van der Waals surface area contributed by atoms with Crippen molar-refractivity contribution in [3.8, 4) is 5.75 Å². The molecule has 2 aromatic rings. The maximum Gasteiger partial charge on any atom is 0.254 e. The Bertz CT molecular complexity index is 633. The summed E-state index contributed by atoms with van der Waals surface area (Å²) in [6.45, 7) is 0.863. The molecule has 0 atom stereocenters. The van der Waals surface area contributed by atoms with Gasteiger partial charge >= 0.3 is 0 Å². The third-order valence-corrected chi connectivity index (χ3v) is 3.98. The van der Waals surface area contributed by atoms with Crippen LogP contribution in [0.25, 0.3) is 0 Å². The Hall–Kier alpha value is -1.52. The SMILES string of the molecule is CN(CCOc1ccccc1Cl)C(=O)c1ccccc1Br. The van der Waals surface area contributed by atoms with Gasteiger partial charge in [-0.05, 0) is 40.2 Å². The lowest BCUT2D eigenvalue weighted by molar-refractivity contribution is 0.0773. The lowest BCUT2D eigenvalue weighted by Gasteiger charge is -2.18. The summed E-state index contributed by atoms with van der Waals surface area (Å²) in [7, 11) is 1.75. The smallest absolute Gasteiger partial charge is 0.254 e. The molecule has 0 aliphatic carbocycles. The molecule has 0 radical (unpaired) electrons. The molecule has 3 nitrogen and oxygen atoms in total. The van der Waals surface area contributed by atoms with Crippen LogP contribution in [0.2, 0.25) is 5.02 Å². The van der Waals surface area contributed by atoms with Gasteiger partial charge in [0.25, 0.3) is 5.91 Å². The lowest BCUT2D eigenvalue weighted by atomic mass is 10.2. The Morgan fingerprint density at radius 3 is 2.57 bits per heavy atom. The van der Waals surface area contributed by atoms with Crippen molar-refractivity contribution < 1.29 is 9.53 Å². The minimum Gasteiger partial charge on any atom is -0.490 e. The van der Waals surface area contributed by atoms with Crippen molar-refractivity contribution in [3.05, 3.63) is 63.6 Å². The molecule has 0 aromatic heterocycles. The van der Waals surface area contributed by atoms with Gasteiger partial charge in [-0.25, -0.2) is 0 Å². The van der Waals surface area contributed by atoms with E-state index in [0.29, 0.717) is 29.5 Å². The van der Waals surface area contributed by atoms with Gasteiger partial charge < -0.3 is 9.64 Å². The molecular weight excluding hydrogens is 354 g/mol. The second-order valence-electron chi connectivity index (χ2n) is 4.49. The molecule has 0 N–H and O–H groups in total. The first-order valence-electron chi connectivity index (χ1n) is 6.47. The number of hydrogen-bond acceptors (Lipinski definition) is 2. The number of benzene rings is 2. The topological polar surface area (TPSA) is 29.5 Å². The maximum atomic E-state index is 12.3. The number of para-hydroxylation sites is 1. The zero-order valence-corrected chi connectivity index (χ0v) is 13.9. The Morgan fingerprint density at radius 2 is 1.86 bits per heavy atom. The van der Waals surface area contributed by atoms with Crippen LogP contribution in [-0.2, 0) is 0 Å². The number of ether oxygens (including phenoxy) is 1. The van der Waals surface area contributed by atoms with E-state index in [1.807, 2.05) is 30.3 Å². The van der Waals surface area contributed by atoms with Gasteiger partial charge in [-0.1, -0.05) is 35.9 Å². The molecule has 2 aromatic carbocycles. The number of carbonyl (C=O) groups is 1.